The standard InChI is InChI=1S/C16H28N2S/c1-6-17-16-7-8-18(10-11(16)2)13(4)15-9-12(3)19-14(15)5/h9,11,13,16-17H,6-8,10H2,1-5H3. The second-order valence-electron chi connectivity index (χ2n) is 5.97. The Balaban J connectivity index is 2.02. The van der Waals surface area contributed by atoms with Crippen molar-refractivity contribution < 1.29 is 0 Å². The predicted molar refractivity (Wildman–Crippen MR) is 85.0 cm³/mol. The fourth-order valence-electron chi connectivity index (χ4n) is 3.36. The van der Waals surface area contributed by atoms with Crippen LogP contribution in [-0.2, 0) is 0 Å². The van der Waals surface area contributed by atoms with Crippen molar-refractivity contribution in [1.29, 1.82) is 0 Å². The maximum absolute atomic E-state index is 3.62. The van der Waals surface area contributed by atoms with Gasteiger partial charge in [0.05, 0.1) is 0 Å². The Hall–Kier alpha value is -0.380. The summed E-state index contributed by atoms with van der Waals surface area (Å²) in [6.07, 6.45) is 1.28. The SMILES string of the molecule is CCNC1CCN(C(C)c2cc(C)sc2C)CC1C. The first-order chi connectivity index (χ1) is 9.02. The molecule has 3 atom stereocenters. The second kappa shape index (κ2) is 6.38. The van der Waals surface area contributed by atoms with Crippen LogP contribution in [0.3, 0.4) is 0 Å². The first-order valence-electron chi connectivity index (χ1n) is 7.57. The van der Waals surface area contributed by atoms with Gasteiger partial charge < -0.3 is 5.32 Å². The molecular formula is C16H28N2S. The van der Waals surface area contributed by atoms with Crippen molar-refractivity contribution in [2.75, 3.05) is 19.6 Å². The first-order valence-corrected chi connectivity index (χ1v) is 8.39. The van der Waals surface area contributed by atoms with Gasteiger partial charge in [0.15, 0.2) is 0 Å². The van der Waals surface area contributed by atoms with E-state index in [9.17, 15) is 0 Å². The van der Waals surface area contributed by atoms with Gasteiger partial charge in [0.2, 0.25) is 0 Å². The van der Waals surface area contributed by atoms with E-state index in [1.54, 1.807) is 0 Å². The number of piperidine rings is 1. The fraction of sp³-hybridized carbons (Fsp3) is 0.750. The zero-order chi connectivity index (χ0) is 14.0. The lowest BCUT2D eigenvalue weighted by Gasteiger charge is -2.40. The molecular weight excluding hydrogens is 252 g/mol. The maximum Gasteiger partial charge on any atom is 0.0331 e. The van der Waals surface area contributed by atoms with Gasteiger partial charge in [-0.2, -0.15) is 0 Å². The summed E-state index contributed by atoms with van der Waals surface area (Å²) < 4.78 is 0. The highest BCUT2D eigenvalue weighted by atomic mass is 32.1. The second-order valence-corrected chi connectivity index (χ2v) is 7.43. The van der Waals surface area contributed by atoms with E-state index in [0.717, 1.165) is 12.5 Å². The summed E-state index contributed by atoms with van der Waals surface area (Å²) in [5.74, 6) is 0.746. The number of hydrogen-bond donors (Lipinski definition) is 1. The molecule has 0 bridgehead atoms. The lowest BCUT2D eigenvalue weighted by atomic mass is 9.92. The molecule has 1 saturated heterocycles. The molecule has 0 saturated carbocycles. The molecule has 19 heavy (non-hydrogen) atoms. The Morgan fingerprint density at radius 2 is 2.21 bits per heavy atom. The number of thiophene rings is 1. The highest BCUT2D eigenvalue weighted by molar-refractivity contribution is 7.12. The Morgan fingerprint density at radius 1 is 1.47 bits per heavy atom. The fourth-order valence-corrected chi connectivity index (χ4v) is 4.37. The molecule has 3 heteroatoms. The normalized spacial score (nSPS) is 26.6. The van der Waals surface area contributed by atoms with E-state index in [0.29, 0.717) is 12.1 Å². The van der Waals surface area contributed by atoms with E-state index >= 15 is 0 Å². The quantitative estimate of drug-likeness (QED) is 0.903. The molecule has 0 radical (unpaired) electrons. The molecule has 2 heterocycles. The summed E-state index contributed by atoms with van der Waals surface area (Å²) in [4.78, 5) is 5.59. The molecule has 1 aromatic rings. The summed E-state index contributed by atoms with van der Waals surface area (Å²) in [5, 5.41) is 3.62. The number of likely N-dealkylation sites (tertiary alicyclic amines) is 1. The summed E-state index contributed by atoms with van der Waals surface area (Å²) >= 11 is 1.93. The van der Waals surface area contributed by atoms with Gasteiger partial charge in [-0.25, -0.2) is 0 Å². The van der Waals surface area contributed by atoms with Gasteiger partial charge >= 0.3 is 0 Å². The number of aryl methyl sites for hydroxylation is 2. The van der Waals surface area contributed by atoms with E-state index in [1.807, 2.05) is 11.3 Å². The Bertz CT molecular complexity index is 413. The molecule has 0 spiro atoms. The van der Waals surface area contributed by atoms with Crippen molar-refractivity contribution in [3.05, 3.63) is 21.4 Å². The van der Waals surface area contributed by atoms with E-state index < -0.39 is 0 Å². The van der Waals surface area contributed by atoms with Crippen LogP contribution in [0.25, 0.3) is 0 Å². The molecule has 1 fully saturated rings. The van der Waals surface area contributed by atoms with Gasteiger partial charge in [0.1, 0.15) is 0 Å². The highest BCUT2D eigenvalue weighted by Gasteiger charge is 2.29. The smallest absolute Gasteiger partial charge is 0.0331 e. The molecule has 2 rings (SSSR count). The molecule has 0 aliphatic carbocycles. The van der Waals surface area contributed by atoms with Crippen molar-refractivity contribution in [1.82, 2.24) is 10.2 Å². The van der Waals surface area contributed by atoms with E-state index in [-0.39, 0.29) is 0 Å². The largest absolute Gasteiger partial charge is 0.314 e. The zero-order valence-electron chi connectivity index (χ0n) is 13.0. The van der Waals surface area contributed by atoms with Gasteiger partial charge in [-0.05, 0) is 51.3 Å². The highest BCUT2D eigenvalue weighted by Crippen LogP contribution is 2.32. The minimum absolute atomic E-state index is 0.565. The van der Waals surface area contributed by atoms with Crippen LogP contribution in [0.2, 0.25) is 0 Å². The molecule has 1 aromatic heterocycles. The molecule has 0 aromatic carbocycles. The summed E-state index contributed by atoms with van der Waals surface area (Å²) in [6, 6.07) is 3.65. The van der Waals surface area contributed by atoms with Crippen molar-refractivity contribution >= 4 is 11.3 Å². The lowest BCUT2D eigenvalue weighted by molar-refractivity contribution is 0.112. The summed E-state index contributed by atoms with van der Waals surface area (Å²) in [5.41, 5.74) is 1.54. The minimum atomic E-state index is 0.565. The molecule has 0 amide bonds. The minimum Gasteiger partial charge on any atom is -0.314 e. The third-order valence-electron chi connectivity index (χ3n) is 4.48. The Labute approximate surface area is 122 Å². The van der Waals surface area contributed by atoms with Crippen LogP contribution in [0.1, 0.15) is 48.6 Å². The van der Waals surface area contributed by atoms with Crippen LogP contribution < -0.4 is 5.32 Å². The topological polar surface area (TPSA) is 15.3 Å². The van der Waals surface area contributed by atoms with Crippen molar-refractivity contribution in [2.24, 2.45) is 5.92 Å². The van der Waals surface area contributed by atoms with Crippen LogP contribution in [0.15, 0.2) is 6.07 Å². The Morgan fingerprint density at radius 3 is 2.74 bits per heavy atom. The van der Waals surface area contributed by atoms with E-state index in [2.05, 4.69) is 50.9 Å². The van der Waals surface area contributed by atoms with E-state index in [4.69, 9.17) is 0 Å². The molecule has 108 valence electrons. The molecule has 3 unspecified atom stereocenters. The molecule has 1 N–H and O–H groups in total. The number of nitrogens with one attached hydrogen (secondary N) is 1. The predicted octanol–water partition coefficient (Wildman–Crippen LogP) is 3.75. The number of hydrogen-bond acceptors (Lipinski definition) is 3. The van der Waals surface area contributed by atoms with Crippen LogP contribution in [0.5, 0.6) is 0 Å². The first kappa shape index (κ1) is 15.0. The molecule has 1 aliphatic rings. The summed E-state index contributed by atoms with van der Waals surface area (Å²) in [7, 11) is 0. The molecule has 2 nitrogen and oxygen atoms in total. The van der Waals surface area contributed by atoms with Crippen LogP contribution >= 0.6 is 11.3 Å². The van der Waals surface area contributed by atoms with Gasteiger partial charge in [0.25, 0.3) is 0 Å². The number of rotatable bonds is 4. The maximum atomic E-state index is 3.62. The van der Waals surface area contributed by atoms with Crippen LogP contribution in [-0.4, -0.2) is 30.6 Å². The third kappa shape index (κ3) is 3.39. The zero-order valence-corrected chi connectivity index (χ0v) is 13.8. The Kier molecular flexibility index (Phi) is 5.04. The summed E-state index contributed by atoms with van der Waals surface area (Å²) in [6.45, 7) is 15.0. The van der Waals surface area contributed by atoms with Gasteiger partial charge in [-0.15, -0.1) is 11.3 Å². The van der Waals surface area contributed by atoms with Crippen molar-refractivity contribution in [3.8, 4) is 0 Å². The average Bonchev–Trinajstić information content (AvgIpc) is 2.70. The van der Waals surface area contributed by atoms with Gasteiger partial charge in [0, 0.05) is 34.9 Å². The van der Waals surface area contributed by atoms with Crippen LogP contribution in [0, 0.1) is 19.8 Å². The lowest BCUT2D eigenvalue weighted by Crippen LogP contribution is -2.48. The van der Waals surface area contributed by atoms with E-state index in [1.165, 1.54) is 34.8 Å². The van der Waals surface area contributed by atoms with Gasteiger partial charge in [-0.1, -0.05) is 13.8 Å². The average molecular weight is 280 g/mol. The van der Waals surface area contributed by atoms with Gasteiger partial charge in [-0.3, -0.25) is 4.90 Å². The van der Waals surface area contributed by atoms with Crippen molar-refractivity contribution in [3.63, 3.8) is 0 Å². The number of nitrogens with zero attached hydrogens (tertiary/aromatic N) is 1. The van der Waals surface area contributed by atoms with Crippen LogP contribution in [0.4, 0.5) is 0 Å². The monoisotopic (exact) mass is 280 g/mol. The third-order valence-corrected chi connectivity index (χ3v) is 5.46. The molecule has 1 aliphatic heterocycles. The van der Waals surface area contributed by atoms with Crippen molar-refractivity contribution in [2.45, 2.75) is 53.1 Å².